The van der Waals surface area contributed by atoms with Crippen molar-refractivity contribution in [1.29, 1.82) is 0 Å². The number of aromatic nitrogens is 1. The minimum absolute atomic E-state index is 0.153. The number of rotatable bonds is 3. The summed E-state index contributed by atoms with van der Waals surface area (Å²) in [6, 6.07) is 6.67. The molecule has 0 aliphatic carbocycles. The summed E-state index contributed by atoms with van der Waals surface area (Å²) in [6.07, 6.45) is 3.28. The third-order valence-corrected chi connectivity index (χ3v) is 6.50. The van der Waals surface area contributed by atoms with Crippen LogP contribution in [0.3, 0.4) is 0 Å². The smallest absolute Gasteiger partial charge is 0.256 e. The Bertz CT molecular complexity index is 736. The molecule has 0 spiro atoms. The van der Waals surface area contributed by atoms with Crippen molar-refractivity contribution in [2.75, 3.05) is 0 Å². The van der Waals surface area contributed by atoms with Gasteiger partial charge in [-0.05, 0) is 57.0 Å². The maximum Gasteiger partial charge on any atom is 0.256 e. The molecule has 24 heavy (non-hydrogen) atoms. The normalized spacial score (nSPS) is 26.1. The van der Waals surface area contributed by atoms with Crippen LogP contribution in [0.2, 0.25) is 0 Å². The number of thiophene rings is 1. The first kappa shape index (κ1) is 15.9. The summed E-state index contributed by atoms with van der Waals surface area (Å²) in [5.41, 5.74) is 3.02. The van der Waals surface area contributed by atoms with Gasteiger partial charge < -0.3 is 14.6 Å². The maximum absolute atomic E-state index is 13.2. The van der Waals surface area contributed by atoms with Crippen LogP contribution >= 0.6 is 11.3 Å². The molecule has 2 saturated heterocycles. The number of aliphatic hydroxyl groups is 1. The summed E-state index contributed by atoms with van der Waals surface area (Å²) in [7, 11) is 0. The van der Waals surface area contributed by atoms with Crippen LogP contribution in [-0.2, 0) is 6.54 Å². The standard InChI is InChI=1S/C19H24N2O2S/c1-12-8-18(13(2)20(12)11-17-4-3-7-24-17)19(23)21-14-5-6-15(21)10-16(22)9-14/h3-4,7-8,14-16,22H,5-6,9-11H2,1-2H3/t14-,15-/m0/s1. The van der Waals surface area contributed by atoms with Gasteiger partial charge in [-0.15, -0.1) is 11.3 Å². The van der Waals surface area contributed by atoms with Crippen LogP contribution in [0, 0.1) is 13.8 Å². The Morgan fingerprint density at radius 3 is 2.62 bits per heavy atom. The Kier molecular flexibility index (Phi) is 4.01. The highest BCUT2D eigenvalue weighted by molar-refractivity contribution is 7.09. The summed E-state index contributed by atoms with van der Waals surface area (Å²) >= 11 is 1.75. The highest BCUT2D eigenvalue weighted by atomic mass is 32.1. The first-order chi connectivity index (χ1) is 11.5. The molecule has 1 N–H and O–H groups in total. The predicted octanol–water partition coefficient (Wildman–Crippen LogP) is 3.34. The molecule has 4 heterocycles. The van der Waals surface area contributed by atoms with E-state index in [2.05, 4.69) is 40.8 Å². The Morgan fingerprint density at radius 1 is 1.29 bits per heavy atom. The fourth-order valence-corrected chi connectivity index (χ4v) is 5.13. The zero-order valence-electron chi connectivity index (χ0n) is 14.2. The second-order valence-corrected chi connectivity index (χ2v) is 8.21. The lowest BCUT2D eigenvalue weighted by molar-refractivity contribution is 0.0286. The Balaban J connectivity index is 1.62. The fourth-order valence-electron chi connectivity index (χ4n) is 4.44. The molecular weight excluding hydrogens is 320 g/mol. The van der Waals surface area contributed by atoms with Crippen molar-refractivity contribution in [1.82, 2.24) is 9.47 Å². The minimum Gasteiger partial charge on any atom is -0.393 e. The minimum atomic E-state index is -0.238. The van der Waals surface area contributed by atoms with Gasteiger partial charge in [0.1, 0.15) is 0 Å². The van der Waals surface area contributed by atoms with Crippen molar-refractivity contribution >= 4 is 17.2 Å². The van der Waals surface area contributed by atoms with E-state index in [1.807, 2.05) is 6.07 Å². The molecule has 2 atom stereocenters. The molecule has 2 aromatic heterocycles. The van der Waals surface area contributed by atoms with Gasteiger partial charge >= 0.3 is 0 Å². The van der Waals surface area contributed by atoms with E-state index >= 15 is 0 Å². The molecule has 0 saturated carbocycles. The van der Waals surface area contributed by atoms with Crippen LogP contribution in [-0.4, -0.2) is 38.7 Å². The quantitative estimate of drug-likeness (QED) is 0.928. The van der Waals surface area contributed by atoms with Gasteiger partial charge in [0.25, 0.3) is 5.91 Å². The van der Waals surface area contributed by atoms with Gasteiger partial charge in [-0.1, -0.05) is 6.07 Å². The van der Waals surface area contributed by atoms with E-state index in [1.165, 1.54) is 4.88 Å². The molecule has 2 aliphatic heterocycles. The lowest BCUT2D eigenvalue weighted by atomic mass is 9.99. The van der Waals surface area contributed by atoms with Crippen molar-refractivity contribution in [2.45, 2.75) is 64.3 Å². The van der Waals surface area contributed by atoms with Crippen molar-refractivity contribution in [3.8, 4) is 0 Å². The third-order valence-electron chi connectivity index (χ3n) is 5.64. The number of piperidine rings is 1. The zero-order valence-corrected chi connectivity index (χ0v) is 15.1. The van der Waals surface area contributed by atoms with E-state index in [4.69, 9.17) is 0 Å². The molecule has 2 aliphatic rings. The van der Waals surface area contributed by atoms with Gasteiger partial charge in [-0.3, -0.25) is 4.79 Å². The second kappa shape index (κ2) is 6.05. The van der Waals surface area contributed by atoms with Crippen LogP contribution in [0.15, 0.2) is 23.6 Å². The van der Waals surface area contributed by atoms with Gasteiger partial charge in [-0.2, -0.15) is 0 Å². The first-order valence-electron chi connectivity index (χ1n) is 8.74. The highest BCUT2D eigenvalue weighted by Crippen LogP contribution is 2.37. The van der Waals surface area contributed by atoms with E-state index < -0.39 is 0 Å². The van der Waals surface area contributed by atoms with E-state index in [0.717, 1.165) is 49.2 Å². The monoisotopic (exact) mass is 344 g/mol. The van der Waals surface area contributed by atoms with Gasteiger partial charge in [0.2, 0.25) is 0 Å². The van der Waals surface area contributed by atoms with Crippen LogP contribution < -0.4 is 0 Å². The van der Waals surface area contributed by atoms with Crippen LogP contribution in [0.5, 0.6) is 0 Å². The fraction of sp³-hybridized carbons (Fsp3) is 0.526. The van der Waals surface area contributed by atoms with Crippen LogP contribution in [0.25, 0.3) is 0 Å². The zero-order chi connectivity index (χ0) is 16.8. The third kappa shape index (κ3) is 2.60. The van der Waals surface area contributed by atoms with Crippen molar-refractivity contribution in [3.05, 3.63) is 45.4 Å². The Labute approximate surface area is 146 Å². The SMILES string of the molecule is Cc1cc(C(=O)N2[C@H]3CC[C@H]2CC(O)C3)c(C)n1Cc1cccs1. The van der Waals surface area contributed by atoms with E-state index in [0.29, 0.717) is 0 Å². The van der Waals surface area contributed by atoms with Crippen molar-refractivity contribution < 1.29 is 9.90 Å². The molecule has 0 aromatic carbocycles. The van der Waals surface area contributed by atoms with E-state index in [-0.39, 0.29) is 24.1 Å². The molecule has 0 radical (unpaired) electrons. The van der Waals surface area contributed by atoms with Crippen LogP contribution in [0.4, 0.5) is 0 Å². The molecule has 5 heteroatoms. The Morgan fingerprint density at radius 2 is 2.00 bits per heavy atom. The summed E-state index contributed by atoms with van der Waals surface area (Å²) in [4.78, 5) is 16.6. The molecule has 4 nitrogen and oxygen atoms in total. The van der Waals surface area contributed by atoms with Gasteiger partial charge in [0.15, 0.2) is 0 Å². The topological polar surface area (TPSA) is 45.5 Å². The average molecular weight is 344 g/mol. The first-order valence-corrected chi connectivity index (χ1v) is 9.62. The molecule has 128 valence electrons. The molecule has 2 fully saturated rings. The number of nitrogens with zero attached hydrogens (tertiary/aromatic N) is 2. The lowest BCUT2D eigenvalue weighted by Crippen LogP contribution is -2.48. The van der Waals surface area contributed by atoms with E-state index in [1.54, 1.807) is 11.3 Å². The number of carbonyl (C=O) groups excluding carboxylic acids is 1. The number of hydrogen-bond donors (Lipinski definition) is 1. The molecule has 1 amide bonds. The molecule has 0 unspecified atom stereocenters. The van der Waals surface area contributed by atoms with Gasteiger partial charge in [0, 0.05) is 28.3 Å². The second-order valence-electron chi connectivity index (χ2n) is 7.17. The van der Waals surface area contributed by atoms with Crippen molar-refractivity contribution in [3.63, 3.8) is 0 Å². The lowest BCUT2D eigenvalue weighted by Gasteiger charge is -2.37. The summed E-state index contributed by atoms with van der Waals surface area (Å²) in [5.74, 6) is 0.153. The number of aliphatic hydroxyl groups excluding tert-OH is 1. The Hall–Kier alpha value is -1.59. The number of hydrogen-bond acceptors (Lipinski definition) is 3. The number of aryl methyl sites for hydroxylation is 1. The summed E-state index contributed by atoms with van der Waals surface area (Å²) < 4.78 is 2.24. The maximum atomic E-state index is 13.2. The molecular formula is C19H24N2O2S. The summed E-state index contributed by atoms with van der Waals surface area (Å²) in [6.45, 7) is 4.95. The number of amides is 1. The average Bonchev–Trinajstić information content (AvgIpc) is 3.22. The number of fused-ring (bicyclic) bond motifs is 2. The predicted molar refractivity (Wildman–Crippen MR) is 95.5 cm³/mol. The van der Waals surface area contributed by atoms with Gasteiger partial charge in [0.05, 0.1) is 18.2 Å². The molecule has 4 rings (SSSR count). The molecule has 2 bridgehead atoms. The van der Waals surface area contributed by atoms with Gasteiger partial charge in [-0.25, -0.2) is 0 Å². The van der Waals surface area contributed by atoms with E-state index in [9.17, 15) is 9.90 Å². The highest BCUT2D eigenvalue weighted by Gasteiger charge is 2.43. The molecule has 2 aromatic rings. The van der Waals surface area contributed by atoms with Crippen molar-refractivity contribution in [2.24, 2.45) is 0 Å². The largest absolute Gasteiger partial charge is 0.393 e. The summed E-state index contributed by atoms with van der Waals surface area (Å²) in [5, 5.41) is 12.1. The van der Waals surface area contributed by atoms with Crippen LogP contribution in [0.1, 0.15) is 52.3 Å². The number of carbonyl (C=O) groups is 1.